The van der Waals surface area contributed by atoms with Crippen LogP contribution in [0.5, 0.6) is 46.0 Å². The minimum absolute atomic E-state index is 0.109. The zero-order valence-corrected chi connectivity index (χ0v) is 46.2. The molecule has 0 saturated heterocycles. The summed E-state index contributed by atoms with van der Waals surface area (Å²) >= 11 is 0. The van der Waals surface area contributed by atoms with E-state index in [9.17, 15) is 13.7 Å². The molecule has 0 radical (unpaired) electrons. The fourth-order valence-corrected chi connectivity index (χ4v) is 15.9. The molecule has 0 fully saturated rings. The van der Waals surface area contributed by atoms with Crippen molar-refractivity contribution in [2.75, 3.05) is 0 Å². The fourth-order valence-electron chi connectivity index (χ4n) is 14.6. The van der Waals surface area contributed by atoms with E-state index in [1.165, 1.54) is 24.3 Å². The summed E-state index contributed by atoms with van der Waals surface area (Å²) in [5.74, 6) is 6.08. The van der Waals surface area contributed by atoms with Gasteiger partial charge in [0, 0.05) is 73.2 Å². The van der Waals surface area contributed by atoms with Gasteiger partial charge in [-0.1, -0.05) is 127 Å². The van der Waals surface area contributed by atoms with Gasteiger partial charge < -0.3 is 32.6 Å². The first kappa shape index (κ1) is 47.3. The Bertz CT molecular complexity index is 5400. The lowest BCUT2D eigenvalue weighted by Gasteiger charge is -2.33. The molecule has 0 unspecified atom stereocenters. The Kier molecular flexibility index (Phi) is 9.47. The monoisotopic (exact) mass is 1120 g/mol. The van der Waals surface area contributed by atoms with Gasteiger partial charge in [0.2, 0.25) is 9.84 Å². The summed E-state index contributed by atoms with van der Waals surface area (Å²) in [6.07, 6.45) is 0. The molecule has 0 saturated carbocycles. The van der Waals surface area contributed by atoms with Gasteiger partial charge in [0.15, 0.2) is 0 Å². The maximum absolute atomic E-state index is 14.3. The van der Waals surface area contributed by atoms with Gasteiger partial charge in [0.1, 0.15) is 46.0 Å². The smallest absolute Gasteiger partial charge is 0.260 e. The summed E-state index contributed by atoms with van der Waals surface area (Å²) in [5.41, 5.74) is 14.9. The summed E-state index contributed by atoms with van der Waals surface area (Å²) in [4.78, 5) is 0.246. The minimum atomic E-state index is -3.96. The van der Waals surface area contributed by atoms with Gasteiger partial charge in [-0.05, 0) is 113 Å². The normalized spacial score (nSPS) is 13.3. The van der Waals surface area contributed by atoms with Crippen molar-refractivity contribution in [3.63, 3.8) is 0 Å². The Morgan fingerprint density at radius 1 is 0.337 bits per heavy atom. The molecule has 400 valence electrons. The van der Waals surface area contributed by atoms with Gasteiger partial charge in [-0.25, -0.2) is 8.42 Å². The molecule has 12 aromatic carbocycles. The van der Waals surface area contributed by atoms with Crippen molar-refractivity contribution in [3.05, 3.63) is 248 Å². The van der Waals surface area contributed by atoms with E-state index in [4.69, 9.17) is 18.9 Å². The Morgan fingerprint density at radius 3 is 0.988 bits per heavy atom. The van der Waals surface area contributed by atoms with Crippen molar-refractivity contribution < 1.29 is 27.4 Å². The summed E-state index contributed by atoms with van der Waals surface area (Å²) in [7, 11) is -3.96. The first-order chi connectivity index (χ1) is 42.4. The second-order valence-electron chi connectivity index (χ2n) is 22.5. The Labute approximate surface area is 492 Å². The van der Waals surface area contributed by atoms with Crippen LogP contribution >= 0.6 is 0 Å². The number of para-hydroxylation sites is 7. The number of hydrogen-bond donors (Lipinski definition) is 0. The number of ether oxygens (including phenoxy) is 4. The quantitative estimate of drug-likeness (QED) is 0.158. The molecule has 0 N–H and O–H groups in total. The van der Waals surface area contributed by atoms with Crippen LogP contribution in [0.3, 0.4) is 0 Å². The van der Waals surface area contributed by atoms with E-state index >= 15 is 0 Å². The van der Waals surface area contributed by atoms with E-state index < -0.39 is 9.84 Å². The van der Waals surface area contributed by atoms with Gasteiger partial charge in [-0.2, -0.15) is 5.26 Å². The summed E-state index contributed by atoms with van der Waals surface area (Å²) < 4.78 is 63.9. The second-order valence-corrected chi connectivity index (χ2v) is 24.4. The number of sulfone groups is 1. The molecule has 4 aliphatic rings. The molecule has 86 heavy (non-hydrogen) atoms. The summed E-state index contributed by atoms with van der Waals surface area (Å²) in [6, 6.07) is 83.0. The molecule has 0 amide bonds. The molecule has 7 heterocycles. The van der Waals surface area contributed by atoms with E-state index in [2.05, 4.69) is 190 Å². The topological polar surface area (TPSA) is 110 Å². The molecule has 0 bridgehead atoms. The Balaban J connectivity index is 0.956. The van der Waals surface area contributed by atoms with E-state index in [0.717, 1.165) is 161 Å². The number of nitrogens with zero attached hydrogens (tertiary/aromatic N) is 4. The van der Waals surface area contributed by atoms with Crippen LogP contribution < -0.4 is 51.7 Å². The molecule has 13 heteroatoms. The van der Waals surface area contributed by atoms with Crippen LogP contribution in [0.1, 0.15) is 5.56 Å². The van der Waals surface area contributed by atoms with E-state index in [0.29, 0.717) is 5.56 Å². The molecule has 0 atom stereocenters. The van der Waals surface area contributed by atoms with E-state index in [1.807, 2.05) is 36.4 Å². The van der Waals surface area contributed by atoms with Crippen molar-refractivity contribution in [2.45, 2.75) is 9.79 Å². The van der Waals surface area contributed by atoms with Crippen LogP contribution in [0.25, 0.3) is 82.5 Å². The largest absolute Gasteiger partial charge is 0.458 e. The number of nitriles is 1. The second kappa shape index (κ2) is 17.2. The Hall–Kier alpha value is -11.2. The lowest BCUT2D eigenvalue weighted by atomic mass is 9.35. The van der Waals surface area contributed by atoms with E-state index in [1.54, 1.807) is 12.1 Å². The van der Waals surface area contributed by atoms with Crippen molar-refractivity contribution >= 4 is 121 Å². The van der Waals surface area contributed by atoms with Crippen LogP contribution in [0.15, 0.2) is 252 Å². The van der Waals surface area contributed by atoms with Crippen molar-refractivity contribution in [3.8, 4) is 69.1 Å². The van der Waals surface area contributed by atoms with Crippen LogP contribution in [-0.4, -0.2) is 35.5 Å². The number of hydrogen-bond acceptors (Lipinski definition) is 7. The molecule has 0 aliphatic carbocycles. The standard InChI is InChI=1S/C73H40B2N4O6S/c76-41-42-29-33-46(34-30-42)86(80,81)47-35-31-43(32-36-47)77-55-22-8-1-15-48(55)66-71(77)67-49-16-2-9-23-56(49)78(44-37-62-69-63(38-44)83-59-26-12-5-19-52(59)74(69)51-18-4-11-25-58(51)82-62)73(67)68-50-17-3-10-24-57(50)79(72(66)68)45-39-64-70-65(40-45)85-61-28-14-7-21-54(61)75(70)53-20-6-13-27-60(53)84-64/h1-40H. The number of benzene rings is 12. The van der Waals surface area contributed by atoms with Gasteiger partial charge >= 0.3 is 0 Å². The highest BCUT2D eigenvalue weighted by Crippen LogP contribution is 2.52. The predicted molar refractivity (Wildman–Crippen MR) is 341 cm³/mol. The first-order valence-electron chi connectivity index (χ1n) is 28.6. The fraction of sp³-hybridized carbons (Fsp3) is 0. The molecule has 3 aromatic heterocycles. The van der Waals surface area contributed by atoms with Crippen LogP contribution in [0, 0.1) is 11.3 Å². The van der Waals surface area contributed by atoms with Gasteiger partial charge in [0.05, 0.1) is 65.9 Å². The predicted octanol–water partition coefficient (Wildman–Crippen LogP) is 13.1. The number of aromatic nitrogens is 3. The third kappa shape index (κ3) is 6.32. The molecule has 19 rings (SSSR count). The molecule has 10 nitrogen and oxygen atoms in total. The maximum atomic E-state index is 14.3. The lowest BCUT2D eigenvalue weighted by molar-refractivity contribution is 0.463. The van der Waals surface area contributed by atoms with Gasteiger partial charge in [-0.15, -0.1) is 0 Å². The minimum Gasteiger partial charge on any atom is -0.458 e. The molecular weight excluding hydrogens is 1080 g/mol. The van der Waals surface area contributed by atoms with Crippen LogP contribution in [0.2, 0.25) is 0 Å². The molecule has 4 aliphatic heterocycles. The zero-order chi connectivity index (χ0) is 56.7. The van der Waals surface area contributed by atoms with Crippen molar-refractivity contribution in [1.82, 2.24) is 13.7 Å². The third-order valence-corrected chi connectivity index (χ3v) is 19.9. The maximum Gasteiger partial charge on any atom is 0.260 e. The highest BCUT2D eigenvalue weighted by molar-refractivity contribution is 7.91. The van der Waals surface area contributed by atoms with Crippen molar-refractivity contribution in [2.24, 2.45) is 0 Å². The van der Waals surface area contributed by atoms with Crippen LogP contribution in [-0.2, 0) is 9.84 Å². The molecule has 15 aromatic rings. The Morgan fingerprint density at radius 2 is 0.640 bits per heavy atom. The molecular formula is C73H40B2N4O6S. The average molecular weight is 1120 g/mol. The van der Waals surface area contributed by atoms with Gasteiger partial charge in [0.25, 0.3) is 13.4 Å². The molecule has 0 spiro atoms. The zero-order valence-electron chi connectivity index (χ0n) is 45.4. The average Bonchev–Trinajstić information content (AvgIpc) is 1.49. The third-order valence-electron chi connectivity index (χ3n) is 18.1. The number of fused-ring (bicyclic) bond motifs is 20. The van der Waals surface area contributed by atoms with E-state index in [-0.39, 0.29) is 23.2 Å². The number of rotatable bonds is 5. The van der Waals surface area contributed by atoms with Crippen molar-refractivity contribution in [1.29, 1.82) is 5.26 Å². The summed E-state index contributed by atoms with van der Waals surface area (Å²) in [5, 5.41) is 15.6. The first-order valence-corrected chi connectivity index (χ1v) is 30.1. The summed E-state index contributed by atoms with van der Waals surface area (Å²) in [6.45, 7) is -0.223. The van der Waals surface area contributed by atoms with Crippen LogP contribution in [0.4, 0.5) is 0 Å². The SMILES string of the molecule is N#Cc1ccc(S(=O)(=O)c2ccc(-n3c4ccccc4c4c3c3c5ccccc5n(-c5cc6c7c(c5)Oc5ccccc5B7c5ccccc5O6)c3c3c5ccccc5n(-c5cc6c7c(c5)Oc5ccccc5B7c5ccccc5O6)c43)cc2)cc1. The van der Waals surface area contributed by atoms with Gasteiger partial charge in [-0.3, -0.25) is 0 Å². The highest BCUT2D eigenvalue weighted by atomic mass is 32.2. The highest BCUT2D eigenvalue weighted by Gasteiger charge is 2.43. The lowest BCUT2D eigenvalue weighted by Crippen LogP contribution is -2.57.